The minimum absolute atomic E-state index is 0.198. The van der Waals surface area contributed by atoms with Gasteiger partial charge in [-0.2, -0.15) is 0 Å². The van der Waals surface area contributed by atoms with Crippen molar-refractivity contribution in [2.45, 2.75) is 24.7 Å². The zero-order chi connectivity index (χ0) is 21.8. The molecule has 2 fully saturated rings. The van der Waals surface area contributed by atoms with Crippen LogP contribution in [0.4, 0.5) is 14.5 Å². The van der Waals surface area contributed by atoms with E-state index in [1.54, 1.807) is 9.80 Å². The van der Waals surface area contributed by atoms with E-state index in [2.05, 4.69) is 5.32 Å². The number of carbonyl (C=O) groups excluding carboxylic acids is 2. The third kappa shape index (κ3) is 3.59. The van der Waals surface area contributed by atoms with E-state index in [1.807, 2.05) is 0 Å². The summed E-state index contributed by atoms with van der Waals surface area (Å²) in [5, 5.41) is 13.0. The molecule has 2 N–H and O–H groups in total. The molecule has 0 spiro atoms. The summed E-state index contributed by atoms with van der Waals surface area (Å²) in [5.41, 5.74) is -0.244. The number of halogens is 2. The number of anilines is 1. The van der Waals surface area contributed by atoms with Crippen LogP contribution in [0.2, 0.25) is 0 Å². The van der Waals surface area contributed by atoms with Crippen LogP contribution in [0.25, 0.3) is 0 Å². The Bertz CT molecular complexity index is 1060. The van der Waals surface area contributed by atoms with Gasteiger partial charge in [0.1, 0.15) is 23.0 Å². The number of carbonyl (C=O) groups is 2. The SMILES string of the molecule is O=C(c1ccc(C2Nc3ccc(F)cc3O2)c(F)c1)N1CCN(C(=O)C2(O)CC2)CC1. The highest BCUT2D eigenvalue weighted by molar-refractivity contribution is 5.94. The Labute approximate surface area is 177 Å². The molecule has 0 aromatic heterocycles. The molecule has 1 saturated heterocycles. The lowest BCUT2D eigenvalue weighted by molar-refractivity contribution is -0.143. The molecular formula is C22H21F2N3O4. The summed E-state index contributed by atoms with van der Waals surface area (Å²) >= 11 is 0. The Balaban J connectivity index is 1.24. The third-order valence-corrected chi connectivity index (χ3v) is 5.98. The summed E-state index contributed by atoms with van der Waals surface area (Å²) in [5.74, 6) is -1.36. The Morgan fingerprint density at radius 1 is 1.03 bits per heavy atom. The lowest BCUT2D eigenvalue weighted by Gasteiger charge is -2.35. The fraction of sp³-hybridized carbons (Fsp3) is 0.364. The second-order valence-corrected chi connectivity index (χ2v) is 8.13. The molecule has 162 valence electrons. The number of benzene rings is 2. The second-order valence-electron chi connectivity index (χ2n) is 8.13. The average molecular weight is 429 g/mol. The molecule has 0 bridgehead atoms. The summed E-state index contributed by atoms with van der Waals surface area (Å²) in [7, 11) is 0. The molecule has 1 aliphatic carbocycles. The van der Waals surface area contributed by atoms with Crippen molar-refractivity contribution in [2.75, 3.05) is 31.5 Å². The van der Waals surface area contributed by atoms with Crippen LogP contribution in [0.5, 0.6) is 5.75 Å². The van der Waals surface area contributed by atoms with Crippen molar-refractivity contribution in [1.29, 1.82) is 0 Å². The number of nitrogens with zero attached hydrogens (tertiary/aromatic N) is 2. The second kappa shape index (κ2) is 7.19. The van der Waals surface area contributed by atoms with Gasteiger partial charge >= 0.3 is 0 Å². The van der Waals surface area contributed by atoms with Gasteiger partial charge in [0.25, 0.3) is 11.8 Å². The normalized spacial score (nSPS) is 21.2. The molecule has 2 aromatic rings. The quantitative estimate of drug-likeness (QED) is 0.783. The van der Waals surface area contributed by atoms with Gasteiger partial charge < -0.3 is 25.0 Å². The van der Waals surface area contributed by atoms with Crippen molar-refractivity contribution >= 4 is 17.5 Å². The Kier molecular flexibility index (Phi) is 4.58. The summed E-state index contributed by atoms with van der Waals surface area (Å²) in [4.78, 5) is 28.2. The average Bonchev–Trinajstić information content (AvgIpc) is 3.39. The van der Waals surface area contributed by atoms with E-state index in [1.165, 1.54) is 30.3 Å². The number of amides is 2. The Morgan fingerprint density at radius 2 is 1.74 bits per heavy atom. The lowest BCUT2D eigenvalue weighted by Crippen LogP contribution is -2.53. The highest BCUT2D eigenvalue weighted by Gasteiger charge is 2.50. The first-order valence-corrected chi connectivity index (χ1v) is 10.2. The van der Waals surface area contributed by atoms with E-state index >= 15 is 0 Å². The van der Waals surface area contributed by atoms with Crippen molar-refractivity contribution in [3.8, 4) is 5.75 Å². The van der Waals surface area contributed by atoms with E-state index < -0.39 is 23.5 Å². The zero-order valence-electron chi connectivity index (χ0n) is 16.6. The molecule has 2 heterocycles. The predicted molar refractivity (Wildman–Crippen MR) is 106 cm³/mol. The van der Waals surface area contributed by atoms with Crippen molar-refractivity contribution in [1.82, 2.24) is 9.80 Å². The number of nitrogens with one attached hydrogen (secondary N) is 1. The van der Waals surface area contributed by atoms with Crippen LogP contribution in [0.15, 0.2) is 36.4 Å². The van der Waals surface area contributed by atoms with Gasteiger partial charge in [-0.3, -0.25) is 9.59 Å². The maximum absolute atomic E-state index is 14.8. The number of ether oxygens (including phenoxy) is 1. The third-order valence-electron chi connectivity index (χ3n) is 5.98. The van der Waals surface area contributed by atoms with E-state index in [0.29, 0.717) is 50.5 Å². The van der Waals surface area contributed by atoms with E-state index in [9.17, 15) is 23.5 Å². The molecule has 1 saturated carbocycles. The zero-order valence-corrected chi connectivity index (χ0v) is 16.6. The number of fused-ring (bicyclic) bond motifs is 1. The number of aliphatic hydroxyl groups is 1. The molecule has 5 rings (SSSR count). The molecule has 3 aliphatic rings. The van der Waals surface area contributed by atoms with Gasteiger partial charge in [0, 0.05) is 43.4 Å². The number of hydrogen-bond acceptors (Lipinski definition) is 5. The summed E-state index contributed by atoms with van der Waals surface area (Å²) in [6, 6.07) is 8.20. The summed E-state index contributed by atoms with van der Waals surface area (Å²) in [6.07, 6.45) is 0.149. The van der Waals surface area contributed by atoms with Crippen LogP contribution in [0.1, 0.15) is 35.0 Å². The van der Waals surface area contributed by atoms with Gasteiger partial charge in [-0.1, -0.05) is 0 Å². The topological polar surface area (TPSA) is 82.1 Å². The lowest BCUT2D eigenvalue weighted by atomic mass is 10.1. The molecule has 31 heavy (non-hydrogen) atoms. The summed E-state index contributed by atoms with van der Waals surface area (Å²) in [6.45, 7) is 1.31. The van der Waals surface area contributed by atoms with E-state index in [-0.39, 0.29) is 22.9 Å². The smallest absolute Gasteiger partial charge is 0.254 e. The molecule has 2 amide bonds. The number of rotatable bonds is 3. The van der Waals surface area contributed by atoms with Gasteiger partial charge in [-0.25, -0.2) is 8.78 Å². The minimum atomic E-state index is -1.22. The molecule has 1 atom stereocenters. The first kappa shape index (κ1) is 19.7. The molecule has 9 heteroatoms. The maximum atomic E-state index is 14.8. The van der Waals surface area contributed by atoms with Gasteiger partial charge in [0.15, 0.2) is 6.23 Å². The van der Waals surface area contributed by atoms with Gasteiger partial charge in [0.05, 0.1) is 5.69 Å². The van der Waals surface area contributed by atoms with Crippen LogP contribution >= 0.6 is 0 Å². The van der Waals surface area contributed by atoms with Crippen LogP contribution in [-0.4, -0.2) is 58.5 Å². The predicted octanol–water partition coefficient (Wildman–Crippen LogP) is 2.28. The Morgan fingerprint density at radius 3 is 2.42 bits per heavy atom. The van der Waals surface area contributed by atoms with Crippen molar-refractivity contribution in [3.63, 3.8) is 0 Å². The fourth-order valence-corrected chi connectivity index (χ4v) is 3.95. The fourth-order valence-electron chi connectivity index (χ4n) is 3.95. The molecule has 1 unspecified atom stereocenters. The van der Waals surface area contributed by atoms with Crippen molar-refractivity contribution < 1.29 is 28.2 Å². The number of hydrogen-bond donors (Lipinski definition) is 2. The summed E-state index contributed by atoms with van der Waals surface area (Å²) < 4.78 is 33.7. The molecule has 2 aliphatic heterocycles. The molecular weight excluding hydrogens is 408 g/mol. The number of piperazine rings is 1. The van der Waals surface area contributed by atoms with Gasteiger partial charge in [-0.05, 0) is 43.2 Å². The van der Waals surface area contributed by atoms with Crippen LogP contribution in [0.3, 0.4) is 0 Å². The standard InChI is InChI=1S/C22H21F2N3O4/c23-14-2-4-17-18(12-14)31-19(25-17)15-3-1-13(11-16(15)24)20(28)26-7-9-27(10-8-26)21(29)22(30)5-6-22/h1-4,11-12,19,25,30H,5-10H2. The molecule has 7 nitrogen and oxygen atoms in total. The van der Waals surface area contributed by atoms with Gasteiger partial charge in [0.2, 0.25) is 0 Å². The largest absolute Gasteiger partial charge is 0.464 e. The van der Waals surface area contributed by atoms with E-state index in [0.717, 1.165) is 6.07 Å². The first-order valence-electron chi connectivity index (χ1n) is 10.2. The molecule has 0 radical (unpaired) electrons. The van der Waals surface area contributed by atoms with E-state index in [4.69, 9.17) is 4.74 Å². The first-order chi connectivity index (χ1) is 14.8. The van der Waals surface area contributed by atoms with Crippen molar-refractivity contribution in [2.24, 2.45) is 0 Å². The highest BCUT2D eigenvalue weighted by atomic mass is 19.1. The highest BCUT2D eigenvalue weighted by Crippen LogP contribution is 2.39. The Hall–Kier alpha value is -3.20. The van der Waals surface area contributed by atoms with Gasteiger partial charge in [-0.15, -0.1) is 0 Å². The maximum Gasteiger partial charge on any atom is 0.254 e. The molecule has 2 aromatic carbocycles. The van der Waals surface area contributed by atoms with Crippen LogP contribution in [-0.2, 0) is 4.79 Å². The van der Waals surface area contributed by atoms with Crippen molar-refractivity contribution in [3.05, 3.63) is 59.2 Å². The monoisotopic (exact) mass is 429 g/mol. The minimum Gasteiger partial charge on any atom is -0.464 e. The van der Waals surface area contributed by atoms with Crippen LogP contribution < -0.4 is 10.1 Å². The van der Waals surface area contributed by atoms with Crippen LogP contribution in [0, 0.1) is 11.6 Å².